The van der Waals surface area contributed by atoms with Gasteiger partial charge in [-0.05, 0) is 13.8 Å². The Balaban J connectivity index is 3.84. The lowest BCUT2D eigenvalue weighted by Crippen LogP contribution is -2.33. The molecule has 2 N–H and O–H groups in total. The van der Waals surface area contributed by atoms with E-state index in [0.29, 0.717) is 0 Å². The third-order valence-electron chi connectivity index (χ3n) is 1.23. The van der Waals surface area contributed by atoms with E-state index in [2.05, 4.69) is 22.8 Å². The molecule has 0 spiro atoms. The summed E-state index contributed by atoms with van der Waals surface area (Å²) < 4.78 is 0. The second-order valence-corrected chi connectivity index (χ2v) is 2.88. The fraction of sp³-hybridized carbons (Fsp3) is 0.222. The van der Waals surface area contributed by atoms with E-state index >= 15 is 0 Å². The van der Waals surface area contributed by atoms with Gasteiger partial charge in [-0.25, -0.2) is 0 Å². The molecule has 0 aromatic heterocycles. The molecule has 88 valence electrons. The average Bonchev–Trinajstić information content (AvgIpc) is 2.21. The number of carbonyl (C=O) groups is 3. The number of amides is 2. The van der Waals surface area contributed by atoms with Crippen LogP contribution in [-0.2, 0) is 19.3 Å². The number of hydrogen-bond donors (Lipinski definition) is 2. The van der Waals surface area contributed by atoms with Crippen molar-refractivity contribution in [2.75, 3.05) is 0 Å². The Morgan fingerprint density at radius 2 is 1.19 bits per heavy atom. The maximum atomic E-state index is 10.8. The van der Waals surface area contributed by atoms with E-state index in [1.807, 2.05) is 0 Å². The van der Waals surface area contributed by atoms with Crippen LogP contribution in [0.25, 0.3) is 0 Å². The second kappa shape index (κ2) is 6.23. The van der Waals surface area contributed by atoms with Crippen LogP contribution >= 0.6 is 0 Å². The van der Waals surface area contributed by atoms with Crippen molar-refractivity contribution < 1.29 is 24.1 Å². The number of nitrogens with one attached hydrogen (secondary N) is 2. The topological polar surface area (TPSA) is 93.7 Å². The monoisotopic (exact) mass is 228 g/mol. The van der Waals surface area contributed by atoms with E-state index in [1.165, 1.54) is 13.8 Å². The molecule has 0 aliphatic heterocycles. The van der Waals surface area contributed by atoms with Gasteiger partial charge in [0.2, 0.25) is 0 Å². The number of carbonyl (C=O) groups excluding carboxylic acids is 3. The molecule has 0 aliphatic rings. The fourth-order valence-electron chi connectivity index (χ4n) is 0.371. The molecule has 0 rings (SSSR count). The Kier molecular flexibility index (Phi) is 5.33. The standard InChI is InChI=1S/C9H12N2O5/c1-5(2)7(12)10-15-9(14)16-11-8(13)6(3)4/h1,3H2,2,4H3,(H,10,12)(H,11,13). The molecule has 7 heteroatoms. The van der Waals surface area contributed by atoms with Gasteiger partial charge in [-0.3, -0.25) is 9.59 Å². The Morgan fingerprint density at radius 1 is 0.875 bits per heavy atom. The van der Waals surface area contributed by atoms with Crippen molar-refractivity contribution in [3.8, 4) is 0 Å². The van der Waals surface area contributed by atoms with Crippen molar-refractivity contribution in [3.05, 3.63) is 24.3 Å². The third-order valence-corrected chi connectivity index (χ3v) is 1.23. The number of rotatable bonds is 2. The van der Waals surface area contributed by atoms with Crippen LogP contribution in [0, 0.1) is 0 Å². The summed E-state index contributed by atoms with van der Waals surface area (Å²) in [5.41, 5.74) is 3.80. The fourth-order valence-corrected chi connectivity index (χ4v) is 0.371. The Labute approximate surface area is 92.0 Å². The maximum Gasteiger partial charge on any atom is 0.558 e. The zero-order chi connectivity index (χ0) is 12.7. The van der Waals surface area contributed by atoms with Crippen LogP contribution in [-0.4, -0.2) is 18.0 Å². The predicted octanol–water partition coefficient (Wildman–Crippen LogP) is 0.354. The quantitative estimate of drug-likeness (QED) is 0.525. The summed E-state index contributed by atoms with van der Waals surface area (Å²) in [6.07, 6.45) is -1.29. The van der Waals surface area contributed by atoms with Crippen LogP contribution in [0.1, 0.15) is 13.8 Å². The van der Waals surface area contributed by atoms with Crippen LogP contribution in [0.2, 0.25) is 0 Å². The molecule has 16 heavy (non-hydrogen) atoms. The van der Waals surface area contributed by atoms with Crippen LogP contribution in [0.4, 0.5) is 4.79 Å². The van der Waals surface area contributed by atoms with Gasteiger partial charge in [-0.15, -0.1) is 0 Å². The van der Waals surface area contributed by atoms with Crippen LogP contribution in [0.3, 0.4) is 0 Å². The molecular formula is C9H12N2O5. The smallest absolute Gasteiger partial charge is 0.304 e. The van der Waals surface area contributed by atoms with E-state index in [9.17, 15) is 14.4 Å². The molecule has 0 unspecified atom stereocenters. The van der Waals surface area contributed by atoms with Crippen LogP contribution < -0.4 is 11.0 Å². The molecule has 0 fully saturated rings. The average molecular weight is 228 g/mol. The lowest BCUT2D eigenvalue weighted by atomic mass is 10.3. The van der Waals surface area contributed by atoms with Gasteiger partial charge in [-0.1, -0.05) is 13.2 Å². The summed E-state index contributed by atoms with van der Waals surface area (Å²) >= 11 is 0. The van der Waals surface area contributed by atoms with Gasteiger partial charge in [0.05, 0.1) is 0 Å². The van der Waals surface area contributed by atoms with Crippen molar-refractivity contribution in [2.45, 2.75) is 13.8 Å². The first-order chi connectivity index (χ1) is 7.34. The van der Waals surface area contributed by atoms with E-state index in [-0.39, 0.29) is 11.1 Å². The summed E-state index contributed by atoms with van der Waals surface area (Å²) in [4.78, 5) is 40.7. The predicted molar refractivity (Wildman–Crippen MR) is 53.5 cm³/mol. The number of hydroxylamine groups is 2. The van der Waals surface area contributed by atoms with E-state index in [4.69, 9.17) is 0 Å². The minimum Gasteiger partial charge on any atom is -0.304 e. The second-order valence-electron chi connectivity index (χ2n) is 2.88. The molecule has 0 aromatic carbocycles. The Morgan fingerprint density at radius 3 is 1.44 bits per heavy atom. The first kappa shape index (κ1) is 13.7. The van der Waals surface area contributed by atoms with Gasteiger partial charge in [0.1, 0.15) is 0 Å². The highest BCUT2D eigenvalue weighted by Gasteiger charge is 2.10. The molecule has 0 bridgehead atoms. The van der Waals surface area contributed by atoms with Crippen molar-refractivity contribution in [1.82, 2.24) is 11.0 Å². The zero-order valence-corrected chi connectivity index (χ0v) is 8.96. The van der Waals surface area contributed by atoms with E-state index < -0.39 is 18.0 Å². The van der Waals surface area contributed by atoms with Gasteiger partial charge < -0.3 is 9.68 Å². The summed E-state index contributed by atoms with van der Waals surface area (Å²) in [5, 5.41) is 0. The zero-order valence-electron chi connectivity index (χ0n) is 8.96. The lowest BCUT2D eigenvalue weighted by molar-refractivity contribution is -0.132. The summed E-state index contributed by atoms with van der Waals surface area (Å²) in [6, 6.07) is 0. The third kappa shape index (κ3) is 5.43. The van der Waals surface area contributed by atoms with Crippen molar-refractivity contribution in [1.29, 1.82) is 0 Å². The highest BCUT2D eigenvalue weighted by Crippen LogP contribution is 1.88. The van der Waals surface area contributed by atoms with E-state index in [1.54, 1.807) is 11.0 Å². The highest BCUT2D eigenvalue weighted by atomic mass is 16.9. The first-order valence-corrected chi connectivity index (χ1v) is 4.14. The van der Waals surface area contributed by atoms with Crippen molar-refractivity contribution in [3.63, 3.8) is 0 Å². The molecule has 7 nitrogen and oxygen atoms in total. The molecule has 0 saturated carbocycles. The Hall–Kier alpha value is -2.31. The van der Waals surface area contributed by atoms with E-state index in [0.717, 1.165) is 0 Å². The molecule has 0 radical (unpaired) electrons. The van der Waals surface area contributed by atoms with Gasteiger partial charge in [0, 0.05) is 11.1 Å². The lowest BCUT2D eigenvalue weighted by Gasteiger charge is -2.06. The van der Waals surface area contributed by atoms with Crippen molar-refractivity contribution >= 4 is 18.0 Å². The molecule has 2 amide bonds. The molecular weight excluding hydrogens is 216 g/mol. The summed E-state index contributed by atoms with van der Waals surface area (Å²) in [6.45, 7) is 9.46. The molecule has 0 aromatic rings. The minimum atomic E-state index is -1.29. The van der Waals surface area contributed by atoms with Gasteiger partial charge in [0.15, 0.2) is 0 Å². The highest BCUT2D eigenvalue weighted by molar-refractivity contribution is 5.92. The molecule has 0 aliphatic carbocycles. The first-order valence-electron chi connectivity index (χ1n) is 4.14. The molecule has 0 heterocycles. The van der Waals surface area contributed by atoms with Gasteiger partial charge in [0.25, 0.3) is 11.8 Å². The van der Waals surface area contributed by atoms with Crippen LogP contribution in [0.5, 0.6) is 0 Å². The van der Waals surface area contributed by atoms with Crippen molar-refractivity contribution in [2.24, 2.45) is 0 Å². The summed E-state index contributed by atoms with van der Waals surface area (Å²) in [5.74, 6) is -1.36. The summed E-state index contributed by atoms with van der Waals surface area (Å²) in [7, 11) is 0. The largest absolute Gasteiger partial charge is 0.558 e. The SMILES string of the molecule is C=C(C)C(=O)NOC(=O)ONC(=O)C(=C)C. The number of hydrogen-bond acceptors (Lipinski definition) is 5. The Bertz CT molecular complexity index is 316. The maximum absolute atomic E-state index is 10.8. The molecule has 0 saturated heterocycles. The minimum absolute atomic E-state index is 0.152. The van der Waals surface area contributed by atoms with Gasteiger partial charge in [-0.2, -0.15) is 15.8 Å². The molecule has 0 atom stereocenters. The van der Waals surface area contributed by atoms with Crippen LogP contribution in [0.15, 0.2) is 24.3 Å². The van der Waals surface area contributed by atoms with Gasteiger partial charge >= 0.3 is 6.16 Å². The normalized spacial score (nSPS) is 8.62.